The summed E-state index contributed by atoms with van der Waals surface area (Å²) in [5.74, 6) is -1.87. The zero-order valence-corrected chi connectivity index (χ0v) is 25.1. The number of likely N-dealkylation sites (tertiary alicyclic amines) is 1. The van der Waals surface area contributed by atoms with Crippen LogP contribution < -0.4 is 10.2 Å². The van der Waals surface area contributed by atoms with Crippen molar-refractivity contribution in [3.63, 3.8) is 0 Å². The van der Waals surface area contributed by atoms with Gasteiger partial charge in [0.05, 0.1) is 30.1 Å². The molecule has 0 unspecified atom stereocenters. The highest BCUT2D eigenvalue weighted by atomic mass is 32.1. The fourth-order valence-corrected chi connectivity index (χ4v) is 6.62. The van der Waals surface area contributed by atoms with Crippen molar-refractivity contribution < 1.29 is 32.3 Å². The van der Waals surface area contributed by atoms with Gasteiger partial charge in [-0.15, -0.1) is 0 Å². The molecule has 2 aromatic heterocycles. The van der Waals surface area contributed by atoms with Crippen molar-refractivity contribution in [2.24, 2.45) is 0 Å². The van der Waals surface area contributed by atoms with Gasteiger partial charge in [-0.2, -0.15) is 13.2 Å². The molecule has 0 radical (unpaired) electrons. The molecule has 2 aliphatic heterocycles. The molecule has 0 spiro atoms. The molecule has 5 rings (SSSR count). The first-order valence-electron chi connectivity index (χ1n) is 14.3. The van der Waals surface area contributed by atoms with E-state index in [9.17, 15) is 27.2 Å². The van der Waals surface area contributed by atoms with E-state index in [2.05, 4.69) is 37.0 Å². The van der Waals surface area contributed by atoms with Crippen LogP contribution in [0.15, 0.2) is 30.6 Å². The van der Waals surface area contributed by atoms with E-state index in [1.807, 2.05) is 11.8 Å². The van der Waals surface area contributed by atoms with Crippen LogP contribution in [0.5, 0.6) is 0 Å². The lowest BCUT2D eigenvalue weighted by Gasteiger charge is -2.40. The summed E-state index contributed by atoms with van der Waals surface area (Å²) in [4.78, 5) is 44.0. The quantitative estimate of drug-likeness (QED) is 0.314. The predicted octanol–water partition coefficient (Wildman–Crippen LogP) is 4.98. The number of alkyl halides is 3. The summed E-state index contributed by atoms with van der Waals surface area (Å²) in [5, 5.41) is 11.8. The Morgan fingerprint density at radius 1 is 1.09 bits per heavy atom. The molecule has 1 amide bonds. The molecule has 0 aliphatic carbocycles. The molecule has 10 nitrogen and oxygen atoms in total. The number of carbonyl (C=O) groups excluding carboxylic acids is 1. The van der Waals surface area contributed by atoms with Gasteiger partial charge in [0.2, 0.25) is 0 Å². The van der Waals surface area contributed by atoms with Gasteiger partial charge >= 0.3 is 12.1 Å². The summed E-state index contributed by atoms with van der Waals surface area (Å²) in [6.07, 6.45) is 0.167. The van der Waals surface area contributed by atoms with Gasteiger partial charge < -0.3 is 10.0 Å². The number of amides is 1. The summed E-state index contributed by atoms with van der Waals surface area (Å²) in [6.45, 7) is 7.72. The first-order chi connectivity index (χ1) is 20.9. The molecular formula is C29H33F4N7O3S. The highest BCUT2D eigenvalue weighted by Crippen LogP contribution is 2.38. The number of anilines is 2. The number of aliphatic carboxylic acids is 1. The number of aromatic nitrogens is 3. The molecular weight excluding hydrogens is 602 g/mol. The number of benzene rings is 1. The van der Waals surface area contributed by atoms with Gasteiger partial charge in [0.25, 0.3) is 5.91 Å². The lowest BCUT2D eigenvalue weighted by molar-refractivity contribution is -0.138. The number of piperazine rings is 1. The summed E-state index contributed by atoms with van der Waals surface area (Å²) in [5.41, 5.74) is -0.916. The zero-order valence-electron chi connectivity index (χ0n) is 24.3. The maximum atomic E-state index is 14.3. The maximum Gasteiger partial charge on any atom is 0.416 e. The molecule has 2 saturated heterocycles. The molecule has 2 fully saturated rings. The lowest BCUT2D eigenvalue weighted by Crippen LogP contribution is -2.52. The Balaban J connectivity index is 1.32. The lowest BCUT2D eigenvalue weighted by atomic mass is 10.1. The van der Waals surface area contributed by atoms with Crippen LogP contribution in [0.1, 0.15) is 54.0 Å². The second kappa shape index (κ2) is 13.1. The van der Waals surface area contributed by atoms with Gasteiger partial charge in [-0.25, -0.2) is 19.3 Å². The molecule has 3 aromatic rings. The standard InChI is InChI=1S/C29H33F4N7O3S/c1-17-4-3-6-39(17)16-23-26(19-10-20(29(31,32)33)12-21(30)11-19)36-28(44-23)37-27(43)22-13-35-24(14-34-22)40-9-8-38(15-18(40)2)7-5-25(41)42/h10-14,17-18H,3-9,15-16H2,1-2H3,(H,41,42)(H,36,37,43)/t17-,18+/m1/s1. The Morgan fingerprint density at radius 2 is 1.89 bits per heavy atom. The first-order valence-corrected chi connectivity index (χ1v) is 15.1. The molecule has 2 atom stereocenters. The summed E-state index contributed by atoms with van der Waals surface area (Å²) in [7, 11) is 0. The highest BCUT2D eigenvalue weighted by molar-refractivity contribution is 7.16. The van der Waals surface area contributed by atoms with Crippen LogP contribution in [0.25, 0.3) is 11.3 Å². The van der Waals surface area contributed by atoms with Crippen molar-refractivity contribution >= 4 is 34.2 Å². The van der Waals surface area contributed by atoms with Crippen LogP contribution in [0, 0.1) is 5.82 Å². The normalized spacial score (nSPS) is 19.8. The summed E-state index contributed by atoms with van der Waals surface area (Å²) < 4.78 is 54.7. The fraction of sp³-hybridized carbons (Fsp3) is 0.483. The minimum absolute atomic E-state index is 0.0164. The third kappa shape index (κ3) is 7.50. The van der Waals surface area contributed by atoms with Crippen LogP contribution >= 0.6 is 11.3 Å². The van der Waals surface area contributed by atoms with Gasteiger partial charge in [-0.3, -0.25) is 24.7 Å². The van der Waals surface area contributed by atoms with E-state index < -0.39 is 29.4 Å². The molecule has 1 aromatic carbocycles. The SMILES string of the molecule is C[C@@H]1CCCN1Cc1sc(NC(=O)c2cnc(N3CCN(CCC(=O)O)C[C@@H]3C)cn2)nc1-c1cc(F)cc(C(F)(F)F)c1. The van der Waals surface area contributed by atoms with Crippen LogP contribution in [0.4, 0.5) is 28.5 Å². The third-order valence-corrected chi connectivity index (χ3v) is 8.93. The third-order valence-electron chi connectivity index (χ3n) is 7.97. The first kappa shape index (κ1) is 31.7. The summed E-state index contributed by atoms with van der Waals surface area (Å²) in [6, 6.07) is 2.66. The number of hydrogen-bond donors (Lipinski definition) is 2. The van der Waals surface area contributed by atoms with Crippen molar-refractivity contribution in [3.8, 4) is 11.3 Å². The second-order valence-corrected chi connectivity index (χ2v) is 12.3. The van der Waals surface area contributed by atoms with Crippen LogP contribution in [-0.2, 0) is 17.5 Å². The minimum atomic E-state index is -4.73. The molecule has 15 heteroatoms. The number of carboxylic acid groups (broad SMARTS) is 1. The molecule has 44 heavy (non-hydrogen) atoms. The van der Waals surface area contributed by atoms with Gasteiger partial charge in [0, 0.05) is 55.2 Å². The van der Waals surface area contributed by atoms with Gasteiger partial charge in [-0.05, 0) is 51.4 Å². The highest BCUT2D eigenvalue weighted by Gasteiger charge is 2.33. The summed E-state index contributed by atoms with van der Waals surface area (Å²) >= 11 is 1.13. The Morgan fingerprint density at radius 3 is 2.52 bits per heavy atom. The van der Waals surface area contributed by atoms with E-state index in [1.54, 1.807) is 0 Å². The number of nitrogens with zero attached hydrogens (tertiary/aromatic N) is 6. The van der Waals surface area contributed by atoms with Crippen LogP contribution in [0.2, 0.25) is 0 Å². The van der Waals surface area contributed by atoms with E-state index in [0.29, 0.717) is 49.5 Å². The molecule has 4 heterocycles. The number of nitrogens with one attached hydrogen (secondary N) is 1. The predicted molar refractivity (Wildman–Crippen MR) is 157 cm³/mol. The Bertz CT molecular complexity index is 1500. The average molecular weight is 636 g/mol. The largest absolute Gasteiger partial charge is 0.481 e. The van der Waals surface area contributed by atoms with E-state index in [0.717, 1.165) is 42.9 Å². The number of rotatable bonds is 9. The Labute approximate surface area is 255 Å². The number of carbonyl (C=O) groups is 2. The van der Waals surface area contributed by atoms with Gasteiger partial charge in [0.1, 0.15) is 17.3 Å². The van der Waals surface area contributed by atoms with Crippen LogP contribution in [0.3, 0.4) is 0 Å². The Hall–Kier alpha value is -3.69. The number of thiazole rings is 1. The molecule has 236 valence electrons. The fourth-order valence-electron chi connectivity index (χ4n) is 5.62. The van der Waals surface area contributed by atoms with E-state index in [1.165, 1.54) is 12.4 Å². The molecule has 2 N–H and O–H groups in total. The van der Waals surface area contributed by atoms with Gasteiger partial charge in [0.15, 0.2) is 5.13 Å². The monoisotopic (exact) mass is 635 g/mol. The van der Waals surface area contributed by atoms with E-state index >= 15 is 0 Å². The molecule has 0 saturated carbocycles. The number of carboxylic acids is 1. The van der Waals surface area contributed by atoms with E-state index in [-0.39, 0.29) is 40.6 Å². The maximum absolute atomic E-state index is 14.3. The molecule has 0 bridgehead atoms. The van der Waals surface area contributed by atoms with E-state index in [4.69, 9.17) is 5.11 Å². The van der Waals surface area contributed by atoms with Crippen molar-refractivity contribution in [1.29, 1.82) is 0 Å². The van der Waals surface area contributed by atoms with Gasteiger partial charge in [-0.1, -0.05) is 11.3 Å². The Kier molecular flexibility index (Phi) is 9.46. The minimum Gasteiger partial charge on any atom is -0.481 e. The zero-order chi connectivity index (χ0) is 31.6. The number of halogens is 4. The molecule has 2 aliphatic rings. The van der Waals surface area contributed by atoms with Crippen molar-refractivity contribution in [2.75, 3.05) is 42.9 Å². The average Bonchev–Trinajstić information content (AvgIpc) is 3.56. The topological polar surface area (TPSA) is 115 Å². The van der Waals surface area contributed by atoms with Crippen molar-refractivity contribution in [3.05, 3.63) is 52.5 Å². The van der Waals surface area contributed by atoms with Crippen molar-refractivity contribution in [1.82, 2.24) is 24.8 Å². The number of hydrogen-bond acceptors (Lipinski definition) is 9. The van der Waals surface area contributed by atoms with Crippen LogP contribution in [-0.4, -0.2) is 86.5 Å². The smallest absolute Gasteiger partial charge is 0.416 e. The second-order valence-electron chi connectivity index (χ2n) is 11.2. The van der Waals surface area contributed by atoms with Crippen molar-refractivity contribution in [2.45, 2.75) is 57.9 Å².